The molecule has 2 unspecified atom stereocenters. The lowest BCUT2D eigenvalue weighted by Crippen LogP contribution is -2.48. The summed E-state index contributed by atoms with van der Waals surface area (Å²) in [6.45, 7) is 6.06. The number of carbonyl (C=O) groups excluding carboxylic acids is 1. The van der Waals surface area contributed by atoms with Gasteiger partial charge in [-0.3, -0.25) is 4.79 Å². The van der Waals surface area contributed by atoms with Gasteiger partial charge in [-0.2, -0.15) is 0 Å². The number of likely N-dealkylation sites (tertiary alicyclic amines) is 1. The lowest BCUT2D eigenvalue weighted by molar-refractivity contribution is -0.133. The number of hydrogen-bond donors (Lipinski definition) is 1. The van der Waals surface area contributed by atoms with E-state index in [0.717, 1.165) is 19.5 Å². The average Bonchev–Trinajstić information content (AvgIpc) is 2.72. The van der Waals surface area contributed by atoms with Gasteiger partial charge in [0.25, 0.3) is 0 Å². The van der Waals surface area contributed by atoms with E-state index in [1.165, 1.54) is 12.8 Å². The molecule has 17 heavy (non-hydrogen) atoms. The molecular weight excluding hydrogens is 214 g/mol. The summed E-state index contributed by atoms with van der Waals surface area (Å²) in [6.07, 6.45) is 3.37. The molecule has 0 saturated carbocycles. The van der Waals surface area contributed by atoms with Gasteiger partial charge in [0.2, 0.25) is 5.91 Å². The van der Waals surface area contributed by atoms with Crippen LogP contribution in [0.15, 0.2) is 0 Å². The molecule has 1 aliphatic heterocycles. The Morgan fingerprint density at radius 2 is 2.24 bits per heavy atom. The summed E-state index contributed by atoms with van der Waals surface area (Å²) in [7, 11) is 4.00. The highest BCUT2D eigenvalue weighted by atomic mass is 16.2. The minimum absolute atomic E-state index is 0.0830. The van der Waals surface area contributed by atoms with E-state index in [2.05, 4.69) is 18.9 Å². The Morgan fingerprint density at radius 3 is 2.71 bits per heavy atom. The van der Waals surface area contributed by atoms with Gasteiger partial charge in [0.15, 0.2) is 0 Å². The van der Waals surface area contributed by atoms with Crippen LogP contribution in [0, 0.1) is 5.92 Å². The molecule has 3 atom stereocenters. The Morgan fingerprint density at radius 1 is 1.59 bits per heavy atom. The number of carbonyl (C=O) groups is 1. The van der Waals surface area contributed by atoms with Crippen LogP contribution in [-0.2, 0) is 4.79 Å². The van der Waals surface area contributed by atoms with Crippen molar-refractivity contribution in [3.63, 3.8) is 0 Å². The summed E-state index contributed by atoms with van der Waals surface area (Å²) >= 11 is 0. The molecule has 0 aliphatic carbocycles. The second kappa shape index (κ2) is 6.36. The molecule has 0 aromatic carbocycles. The minimum atomic E-state index is -0.350. The van der Waals surface area contributed by atoms with E-state index in [4.69, 9.17) is 5.73 Å². The maximum absolute atomic E-state index is 12.1. The van der Waals surface area contributed by atoms with Crippen LogP contribution in [0.5, 0.6) is 0 Å². The Labute approximate surface area is 105 Å². The summed E-state index contributed by atoms with van der Waals surface area (Å²) in [5.74, 6) is 0.339. The van der Waals surface area contributed by atoms with Gasteiger partial charge in [0.05, 0.1) is 6.04 Å². The summed E-state index contributed by atoms with van der Waals surface area (Å²) in [6, 6.07) is 0.157. The fraction of sp³-hybridized carbons (Fsp3) is 0.923. The van der Waals surface area contributed by atoms with Crippen LogP contribution in [0.25, 0.3) is 0 Å². The van der Waals surface area contributed by atoms with Gasteiger partial charge in [0.1, 0.15) is 0 Å². The highest BCUT2D eigenvalue weighted by Gasteiger charge is 2.27. The molecule has 100 valence electrons. The van der Waals surface area contributed by atoms with E-state index >= 15 is 0 Å². The fourth-order valence-electron chi connectivity index (χ4n) is 2.37. The van der Waals surface area contributed by atoms with Crippen molar-refractivity contribution in [3.8, 4) is 0 Å². The third-order valence-corrected chi connectivity index (χ3v) is 4.07. The molecule has 0 aromatic rings. The van der Waals surface area contributed by atoms with E-state index in [-0.39, 0.29) is 17.9 Å². The van der Waals surface area contributed by atoms with Crippen molar-refractivity contribution in [2.75, 3.05) is 27.2 Å². The fourth-order valence-corrected chi connectivity index (χ4v) is 2.37. The molecular formula is C13H27N3O. The third kappa shape index (κ3) is 3.68. The van der Waals surface area contributed by atoms with Crippen molar-refractivity contribution >= 4 is 5.91 Å². The van der Waals surface area contributed by atoms with Crippen LogP contribution in [0.3, 0.4) is 0 Å². The molecule has 1 fully saturated rings. The van der Waals surface area contributed by atoms with Crippen LogP contribution in [-0.4, -0.2) is 55.0 Å². The Hall–Kier alpha value is -0.610. The standard InChI is InChI=1S/C13H27N3O/c1-5-10(2)12(14)13(17)16(4)9-11-7-6-8-15(11)3/h10-12H,5-9,14H2,1-4H3/t10?,11?,12-/m1/s1. The van der Waals surface area contributed by atoms with Gasteiger partial charge in [-0.05, 0) is 32.4 Å². The van der Waals surface area contributed by atoms with Gasteiger partial charge in [0, 0.05) is 19.6 Å². The van der Waals surface area contributed by atoms with Gasteiger partial charge in [-0.15, -0.1) is 0 Å². The zero-order valence-electron chi connectivity index (χ0n) is 11.6. The molecule has 4 nitrogen and oxygen atoms in total. The lowest BCUT2D eigenvalue weighted by atomic mass is 9.99. The van der Waals surface area contributed by atoms with Crippen molar-refractivity contribution in [2.24, 2.45) is 11.7 Å². The first kappa shape index (κ1) is 14.5. The Balaban J connectivity index is 2.46. The predicted octanol–water partition coefficient (Wildman–Crippen LogP) is 0.912. The first-order chi connectivity index (χ1) is 7.97. The first-order valence-corrected chi connectivity index (χ1v) is 6.68. The second-order valence-electron chi connectivity index (χ2n) is 5.41. The lowest BCUT2D eigenvalue weighted by Gasteiger charge is -2.29. The van der Waals surface area contributed by atoms with Crippen LogP contribution in [0.4, 0.5) is 0 Å². The molecule has 4 heteroatoms. The number of amides is 1. The number of hydrogen-bond acceptors (Lipinski definition) is 3. The summed E-state index contributed by atoms with van der Waals surface area (Å²) in [4.78, 5) is 16.3. The minimum Gasteiger partial charge on any atom is -0.343 e. The van der Waals surface area contributed by atoms with Crippen LogP contribution >= 0.6 is 0 Å². The zero-order valence-corrected chi connectivity index (χ0v) is 11.6. The Bertz CT molecular complexity index is 257. The van der Waals surface area contributed by atoms with E-state index in [9.17, 15) is 4.79 Å². The van der Waals surface area contributed by atoms with E-state index in [0.29, 0.717) is 6.04 Å². The number of likely N-dealkylation sites (N-methyl/N-ethyl adjacent to an activating group) is 2. The second-order valence-corrected chi connectivity index (χ2v) is 5.41. The number of nitrogens with two attached hydrogens (primary N) is 1. The smallest absolute Gasteiger partial charge is 0.239 e. The van der Waals surface area contributed by atoms with Crippen LogP contribution < -0.4 is 5.73 Å². The maximum Gasteiger partial charge on any atom is 0.239 e. The largest absolute Gasteiger partial charge is 0.343 e. The Kier molecular flexibility index (Phi) is 5.40. The van der Waals surface area contributed by atoms with Crippen LogP contribution in [0.2, 0.25) is 0 Å². The van der Waals surface area contributed by atoms with Gasteiger partial charge in [-0.1, -0.05) is 20.3 Å². The van der Waals surface area contributed by atoms with E-state index in [1.807, 2.05) is 18.9 Å². The maximum atomic E-state index is 12.1. The highest BCUT2D eigenvalue weighted by Crippen LogP contribution is 2.16. The van der Waals surface area contributed by atoms with Crippen molar-refractivity contribution in [1.29, 1.82) is 0 Å². The van der Waals surface area contributed by atoms with E-state index < -0.39 is 0 Å². The molecule has 0 bridgehead atoms. The topological polar surface area (TPSA) is 49.6 Å². The van der Waals surface area contributed by atoms with Crippen LogP contribution in [0.1, 0.15) is 33.1 Å². The number of nitrogens with zero attached hydrogens (tertiary/aromatic N) is 2. The highest BCUT2D eigenvalue weighted by molar-refractivity contribution is 5.81. The van der Waals surface area contributed by atoms with Crippen molar-refractivity contribution in [3.05, 3.63) is 0 Å². The quantitative estimate of drug-likeness (QED) is 0.778. The number of rotatable bonds is 5. The summed E-state index contributed by atoms with van der Waals surface area (Å²) < 4.78 is 0. The molecule has 1 heterocycles. The van der Waals surface area contributed by atoms with Gasteiger partial charge >= 0.3 is 0 Å². The SMILES string of the molecule is CCC(C)[C@@H](N)C(=O)N(C)CC1CCCN1C. The molecule has 1 saturated heterocycles. The third-order valence-electron chi connectivity index (χ3n) is 4.07. The molecule has 2 N–H and O–H groups in total. The van der Waals surface area contributed by atoms with Crippen molar-refractivity contribution in [1.82, 2.24) is 9.80 Å². The predicted molar refractivity (Wildman–Crippen MR) is 70.7 cm³/mol. The summed E-state index contributed by atoms with van der Waals surface area (Å²) in [5, 5.41) is 0. The summed E-state index contributed by atoms with van der Waals surface area (Å²) in [5.41, 5.74) is 5.98. The van der Waals surface area contributed by atoms with Crippen molar-refractivity contribution < 1.29 is 4.79 Å². The zero-order chi connectivity index (χ0) is 13.0. The molecule has 0 spiro atoms. The first-order valence-electron chi connectivity index (χ1n) is 6.68. The normalized spacial score (nSPS) is 24.6. The molecule has 0 radical (unpaired) electrons. The van der Waals surface area contributed by atoms with Gasteiger partial charge < -0.3 is 15.5 Å². The molecule has 1 amide bonds. The molecule has 1 rings (SSSR count). The average molecular weight is 241 g/mol. The molecule has 1 aliphatic rings. The van der Waals surface area contributed by atoms with E-state index in [1.54, 1.807) is 0 Å². The van der Waals surface area contributed by atoms with Gasteiger partial charge in [-0.25, -0.2) is 0 Å². The van der Waals surface area contributed by atoms with Crippen molar-refractivity contribution in [2.45, 2.75) is 45.2 Å². The molecule has 0 aromatic heterocycles. The monoisotopic (exact) mass is 241 g/mol.